The van der Waals surface area contributed by atoms with Crippen molar-refractivity contribution in [2.45, 2.75) is 32.6 Å². The maximum absolute atomic E-state index is 11.1. The zero-order valence-electron chi connectivity index (χ0n) is 8.12. The van der Waals surface area contributed by atoms with Crippen molar-refractivity contribution in [3.05, 3.63) is 16.1 Å². The molecule has 1 fully saturated rings. The van der Waals surface area contributed by atoms with E-state index in [2.05, 4.69) is 4.98 Å². The van der Waals surface area contributed by atoms with Crippen molar-refractivity contribution in [1.29, 1.82) is 0 Å². The van der Waals surface area contributed by atoms with Gasteiger partial charge in [-0.1, -0.05) is 6.42 Å². The van der Waals surface area contributed by atoms with Gasteiger partial charge in [-0.2, -0.15) is 0 Å². The third-order valence-electron chi connectivity index (χ3n) is 2.92. The van der Waals surface area contributed by atoms with Crippen LogP contribution in [0.15, 0.2) is 5.38 Å². The van der Waals surface area contributed by atoms with Gasteiger partial charge in [0.2, 0.25) is 0 Å². The SMILES string of the molecule is Cc1csc(CC2(C(=O)O)CCC2)n1. The van der Waals surface area contributed by atoms with Crippen LogP contribution in [0, 0.1) is 12.3 Å². The van der Waals surface area contributed by atoms with Crippen LogP contribution in [0.1, 0.15) is 30.0 Å². The number of carboxylic acid groups (broad SMARTS) is 1. The third-order valence-corrected chi connectivity index (χ3v) is 3.89. The second kappa shape index (κ2) is 3.35. The fourth-order valence-corrected chi connectivity index (χ4v) is 2.76. The van der Waals surface area contributed by atoms with Gasteiger partial charge in [0.1, 0.15) is 0 Å². The van der Waals surface area contributed by atoms with Crippen molar-refractivity contribution in [3.63, 3.8) is 0 Å². The minimum Gasteiger partial charge on any atom is -0.481 e. The molecule has 1 N–H and O–H groups in total. The number of hydrogen-bond acceptors (Lipinski definition) is 3. The molecule has 4 heteroatoms. The highest BCUT2D eigenvalue weighted by molar-refractivity contribution is 7.09. The molecule has 0 amide bonds. The summed E-state index contributed by atoms with van der Waals surface area (Å²) in [6, 6.07) is 0. The van der Waals surface area contributed by atoms with Crippen molar-refractivity contribution < 1.29 is 9.90 Å². The quantitative estimate of drug-likeness (QED) is 0.834. The van der Waals surface area contributed by atoms with Crippen LogP contribution in [0.4, 0.5) is 0 Å². The first-order chi connectivity index (χ1) is 6.62. The molecule has 76 valence electrons. The van der Waals surface area contributed by atoms with Gasteiger partial charge in [0.05, 0.1) is 10.4 Å². The molecule has 0 saturated heterocycles. The Morgan fingerprint density at radius 3 is 2.79 bits per heavy atom. The highest BCUT2D eigenvalue weighted by Crippen LogP contribution is 2.44. The molecule has 1 heterocycles. The minimum atomic E-state index is -0.656. The Bertz CT molecular complexity index is 355. The topological polar surface area (TPSA) is 50.2 Å². The Balaban J connectivity index is 2.12. The summed E-state index contributed by atoms with van der Waals surface area (Å²) < 4.78 is 0. The van der Waals surface area contributed by atoms with Crippen molar-refractivity contribution in [2.75, 3.05) is 0 Å². The second-order valence-corrected chi connectivity index (χ2v) is 4.94. The number of thiazole rings is 1. The van der Waals surface area contributed by atoms with Gasteiger partial charge < -0.3 is 5.11 Å². The molecule has 0 radical (unpaired) electrons. The number of aryl methyl sites for hydroxylation is 1. The molecule has 0 bridgehead atoms. The lowest BCUT2D eigenvalue weighted by atomic mass is 9.67. The molecular formula is C10H13NO2S. The van der Waals surface area contributed by atoms with Crippen molar-refractivity contribution in [1.82, 2.24) is 4.98 Å². The van der Waals surface area contributed by atoms with Crippen LogP contribution < -0.4 is 0 Å². The third kappa shape index (κ3) is 1.54. The summed E-state index contributed by atoms with van der Waals surface area (Å²) in [6.45, 7) is 1.94. The van der Waals surface area contributed by atoms with Gasteiger partial charge in [-0.25, -0.2) is 4.98 Å². The molecule has 0 aliphatic heterocycles. The van der Waals surface area contributed by atoms with Crippen molar-refractivity contribution in [3.8, 4) is 0 Å². The summed E-state index contributed by atoms with van der Waals surface area (Å²) in [7, 11) is 0. The number of hydrogen-bond donors (Lipinski definition) is 1. The highest BCUT2D eigenvalue weighted by atomic mass is 32.1. The van der Waals surface area contributed by atoms with Crippen LogP contribution in [0.3, 0.4) is 0 Å². The molecule has 2 rings (SSSR count). The molecule has 1 aromatic rings. The first-order valence-electron chi connectivity index (χ1n) is 4.77. The molecule has 1 aliphatic carbocycles. The fraction of sp³-hybridized carbons (Fsp3) is 0.600. The van der Waals surface area contributed by atoms with Crippen LogP contribution in [0.2, 0.25) is 0 Å². The van der Waals surface area contributed by atoms with Gasteiger partial charge in [-0.15, -0.1) is 11.3 Å². The van der Waals surface area contributed by atoms with Crippen molar-refractivity contribution in [2.24, 2.45) is 5.41 Å². The Morgan fingerprint density at radius 1 is 1.71 bits per heavy atom. The van der Waals surface area contributed by atoms with Crippen LogP contribution in [-0.4, -0.2) is 16.1 Å². The zero-order chi connectivity index (χ0) is 10.2. The number of nitrogens with zero attached hydrogens (tertiary/aromatic N) is 1. The monoisotopic (exact) mass is 211 g/mol. The van der Waals surface area contributed by atoms with E-state index in [0.717, 1.165) is 30.0 Å². The van der Waals surface area contributed by atoms with Gasteiger partial charge in [0.25, 0.3) is 0 Å². The van der Waals surface area contributed by atoms with E-state index >= 15 is 0 Å². The predicted octanol–water partition coefficient (Wildman–Crippen LogP) is 2.25. The van der Waals surface area contributed by atoms with E-state index in [9.17, 15) is 4.79 Å². The Morgan fingerprint density at radius 2 is 2.43 bits per heavy atom. The van der Waals surface area contributed by atoms with Gasteiger partial charge in [-0.05, 0) is 19.8 Å². The molecule has 14 heavy (non-hydrogen) atoms. The minimum absolute atomic E-state index is 0.496. The number of aromatic nitrogens is 1. The molecule has 1 aliphatic rings. The van der Waals surface area contributed by atoms with Crippen LogP contribution in [0.5, 0.6) is 0 Å². The van der Waals surface area contributed by atoms with Gasteiger partial charge >= 0.3 is 5.97 Å². The maximum Gasteiger partial charge on any atom is 0.310 e. The average Bonchev–Trinajstić information content (AvgIpc) is 2.43. The van der Waals surface area contributed by atoms with Crippen LogP contribution in [0.25, 0.3) is 0 Å². The normalized spacial score (nSPS) is 18.9. The molecule has 0 atom stereocenters. The van der Waals surface area contributed by atoms with Gasteiger partial charge in [0.15, 0.2) is 0 Å². The van der Waals surface area contributed by atoms with E-state index in [1.165, 1.54) is 0 Å². The smallest absolute Gasteiger partial charge is 0.310 e. The summed E-state index contributed by atoms with van der Waals surface area (Å²) in [5, 5.41) is 12.1. The van der Waals surface area contributed by atoms with E-state index in [4.69, 9.17) is 5.11 Å². The molecule has 1 aromatic heterocycles. The number of carboxylic acids is 1. The number of aliphatic carboxylic acids is 1. The molecule has 0 spiro atoms. The summed E-state index contributed by atoms with van der Waals surface area (Å²) in [5.41, 5.74) is 0.495. The lowest BCUT2D eigenvalue weighted by Crippen LogP contribution is -2.39. The molecule has 1 saturated carbocycles. The first-order valence-corrected chi connectivity index (χ1v) is 5.65. The molecule has 3 nitrogen and oxygen atoms in total. The zero-order valence-corrected chi connectivity index (χ0v) is 8.93. The first kappa shape index (κ1) is 9.65. The molecule has 0 aromatic carbocycles. The van der Waals surface area contributed by atoms with E-state index in [0.29, 0.717) is 6.42 Å². The van der Waals surface area contributed by atoms with Crippen LogP contribution >= 0.6 is 11.3 Å². The summed E-state index contributed by atoms with van der Waals surface area (Å²) >= 11 is 1.57. The van der Waals surface area contributed by atoms with Gasteiger partial charge in [0, 0.05) is 17.5 Å². The number of carbonyl (C=O) groups is 1. The Labute approximate surface area is 86.8 Å². The Hall–Kier alpha value is -0.900. The van der Waals surface area contributed by atoms with E-state index < -0.39 is 11.4 Å². The van der Waals surface area contributed by atoms with E-state index in [1.54, 1.807) is 11.3 Å². The van der Waals surface area contributed by atoms with E-state index in [1.807, 2.05) is 12.3 Å². The highest BCUT2D eigenvalue weighted by Gasteiger charge is 2.44. The fourth-order valence-electron chi connectivity index (χ4n) is 1.84. The van der Waals surface area contributed by atoms with Gasteiger partial charge in [-0.3, -0.25) is 4.79 Å². The lowest BCUT2D eigenvalue weighted by molar-refractivity contribution is -0.154. The van der Waals surface area contributed by atoms with Crippen LogP contribution in [-0.2, 0) is 11.2 Å². The summed E-state index contributed by atoms with van der Waals surface area (Å²) in [6.07, 6.45) is 3.26. The average molecular weight is 211 g/mol. The number of rotatable bonds is 3. The summed E-state index contributed by atoms with van der Waals surface area (Å²) in [5.74, 6) is -0.656. The second-order valence-electron chi connectivity index (χ2n) is 4.00. The predicted molar refractivity (Wildman–Crippen MR) is 54.5 cm³/mol. The molecular weight excluding hydrogens is 198 g/mol. The summed E-state index contributed by atoms with van der Waals surface area (Å²) in [4.78, 5) is 15.4. The largest absolute Gasteiger partial charge is 0.481 e. The lowest BCUT2D eigenvalue weighted by Gasteiger charge is -2.36. The van der Waals surface area contributed by atoms with Crippen molar-refractivity contribution >= 4 is 17.3 Å². The Kier molecular flexibility index (Phi) is 2.31. The standard InChI is InChI=1S/C10H13NO2S/c1-7-6-14-8(11-7)5-10(9(12)13)3-2-4-10/h6H,2-5H2,1H3,(H,12,13). The van der Waals surface area contributed by atoms with E-state index in [-0.39, 0.29) is 0 Å². The maximum atomic E-state index is 11.1. The molecule has 0 unspecified atom stereocenters.